The normalized spacial score (nSPS) is 16.0. The summed E-state index contributed by atoms with van der Waals surface area (Å²) in [6.07, 6.45) is 1.59. The molecule has 1 fully saturated rings. The van der Waals surface area contributed by atoms with Gasteiger partial charge in [-0.3, -0.25) is 0 Å². The Labute approximate surface area is 125 Å². The minimum Gasteiger partial charge on any atom is -0.493 e. The van der Waals surface area contributed by atoms with Gasteiger partial charge in [0.15, 0.2) is 0 Å². The molecule has 1 aromatic rings. The van der Waals surface area contributed by atoms with Gasteiger partial charge in [-0.25, -0.2) is 12.8 Å². The molecule has 0 saturated carbocycles. The number of sulfone groups is 1. The lowest BCUT2D eigenvalue weighted by atomic mass is 10.2. The first kappa shape index (κ1) is 16.0. The topological polar surface area (TPSA) is 58.6 Å². The third-order valence-corrected chi connectivity index (χ3v) is 4.34. The minimum absolute atomic E-state index is 0.0777. The molecule has 118 valence electrons. The van der Waals surface area contributed by atoms with E-state index in [1.165, 1.54) is 12.3 Å². The number of halogens is 1. The zero-order valence-corrected chi connectivity index (χ0v) is 13.0. The molecule has 0 aromatic heterocycles. The number of ether oxygens (including phenoxy) is 1. The van der Waals surface area contributed by atoms with Crippen molar-refractivity contribution in [1.82, 2.24) is 5.32 Å². The molecular formula is C14H21FN2O3S. The van der Waals surface area contributed by atoms with Gasteiger partial charge in [-0.05, 0) is 18.6 Å². The van der Waals surface area contributed by atoms with Gasteiger partial charge in [-0.15, -0.1) is 0 Å². The molecule has 1 saturated heterocycles. The van der Waals surface area contributed by atoms with E-state index in [-0.39, 0.29) is 18.2 Å². The van der Waals surface area contributed by atoms with Crippen molar-refractivity contribution in [2.75, 3.05) is 49.7 Å². The van der Waals surface area contributed by atoms with Gasteiger partial charge in [0.05, 0.1) is 18.0 Å². The summed E-state index contributed by atoms with van der Waals surface area (Å²) in [6.45, 7) is 3.53. The molecule has 1 aliphatic rings. The van der Waals surface area contributed by atoms with Crippen LogP contribution in [-0.4, -0.2) is 53.2 Å². The predicted molar refractivity (Wildman–Crippen MR) is 81.3 cm³/mol. The SMILES string of the molecule is CS(=O)(=O)CCCOc1ccc(N2CCNCC2)c(F)c1. The first-order valence-corrected chi connectivity index (χ1v) is 9.07. The highest BCUT2D eigenvalue weighted by Crippen LogP contribution is 2.24. The van der Waals surface area contributed by atoms with Gasteiger partial charge in [0.1, 0.15) is 21.4 Å². The lowest BCUT2D eigenvalue weighted by Gasteiger charge is -2.29. The Balaban J connectivity index is 1.89. The lowest BCUT2D eigenvalue weighted by molar-refractivity contribution is 0.316. The van der Waals surface area contributed by atoms with Crippen LogP contribution in [0.4, 0.5) is 10.1 Å². The second-order valence-electron chi connectivity index (χ2n) is 5.18. The maximum absolute atomic E-state index is 14.1. The van der Waals surface area contributed by atoms with Crippen LogP contribution in [0.15, 0.2) is 18.2 Å². The smallest absolute Gasteiger partial charge is 0.150 e. The second kappa shape index (κ2) is 7.09. The maximum Gasteiger partial charge on any atom is 0.150 e. The van der Waals surface area contributed by atoms with Crippen LogP contribution >= 0.6 is 0 Å². The third-order valence-electron chi connectivity index (χ3n) is 3.31. The van der Waals surface area contributed by atoms with E-state index in [0.29, 0.717) is 17.9 Å². The van der Waals surface area contributed by atoms with Crippen molar-refractivity contribution in [3.8, 4) is 5.75 Å². The monoisotopic (exact) mass is 316 g/mol. The number of nitrogens with zero attached hydrogens (tertiary/aromatic N) is 1. The molecule has 2 rings (SSSR count). The van der Waals surface area contributed by atoms with Crippen LogP contribution in [0.1, 0.15) is 6.42 Å². The van der Waals surface area contributed by atoms with Gasteiger partial charge in [0, 0.05) is 38.5 Å². The fourth-order valence-corrected chi connectivity index (χ4v) is 2.89. The average Bonchev–Trinajstić information content (AvgIpc) is 2.44. The molecule has 7 heteroatoms. The highest BCUT2D eigenvalue weighted by atomic mass is 32.2. The second-order valence-corrected chi connectivity index (χ2v) is 7.44. The van der Waals surface area contributed by atoms with Crippen LogP contribution in [-0.2, 0) is 9.84 Å². The summed E-state index contributed by atoms with van der Waals surface area (Å²) in [4.78, 5) is 2.00. The molecule has 1 aliphatic heterocycles. The number of rotatable bonds is 6. The van der Waals surface area contributed by atoms with Crippen LogP contribution in [0.5, 0.6) is 5.75 Å². The lowest BCUT2D eigenvalue weighted by Crippen LogP contribution is -2.43. The molecule has 21 heavy (non-hydrogen) atoms. The molecule has 1 aromatic carbocycles. The average molecular weight is 316 g/mol. The first-order valence-electron chi connectivity index (χ1n) is 7.01. The summed E-state index contributed by atoms with van der Waals surface area (Å²) in [5, 5.41) is 3.22. The molecular weight excluding hydrogens is 295 g/mol. The zero-order valence-electron chi connectivity index (χ0n) is 12.1. The van der Waals surface area contributed by atoms with E-state index in [9.17, 15) is 12.8 Å². The van der Waals surface area contributed by atoms with Crippen molar-refractivity contribution >= 4 is 15.5 Å². The molecule has 0 aliphatic carbocycles. The van der Waals surface area contributed by atoms with Crippen molar-refractivity contribution in [3.63, 3.8) is 0 Å². The van der Waals surface area contributed by atoms with Gasteiger partial charge in [-0.1, -0.05) is 0 Å². The summed E-state index contributed by atoms with van der Waals surface area (Å²) < 4.78 is 41.5. The van der Waals surface area contributed by atoms with Crippen molar-refractivity contribution in [2.45, 2.75) is 6.42 Å². The Morgan fingerprint density at radius 2 is 2.05 bits per heavy atom. The summed E-state index contributed by atoms with van der Waals surface area (Å²) in [6, 6.07) is 4.80. The molecule has 0 amide bonds. The molecule has 1 N–H and O–H groups in total. The van der Waals surface area contributed by atoms with Gasteiger partial charge < -0.3 is 15.0 Å². The van der Waals surface area contributed by atoms with Crippen LogP contribution in [0, 0.1) is 5.82 Å². The number of nitrogens with one attached hydrogen (secondary N) is 1. The van der Waals surface area contributed by atoms with E-state index >= 15 is 0 Å². The van der Waals surface area contributed by atoms with Gasteiger partial charge in [-0.2, -0.15) is 0 Å². The van der Waals surface area contributed by atoms with Crippen LogP contribution in [0.3, 0.4) is 0 Å². The van der Waals surface area contributed by atoms with Crippen molar-refractivity contribution in [3.05, 3.63) is 24.0 Å². The third kappa shape index (κ3) is 5.17. The Morgan fingerprint density at radius 1 is 1.33 bits per heavy atom. The number of hydrogen-bond donors (Lipinski definition) is 1. The Hall–Kier alpha value is -1.34. The Morgan fingerprint density at radius 3 is 2.67 bits per heavy atom. The largest absolute Gasteiger partial charge is 0.493 e. The maximum atomic E-state index is 14.1. The standard InChI is InChI=1S/C14H21FN2O3S/c1-21(18,19)10-2-9-20-12-3-4-14(13(15)11-12)17-7-5-16-6-8-17/h3-4,11,16H,2,5-10H2,1H3. The summed E-state index contributed by atoms with van der Waals surface area (Å²) in [5.41, 5.74) is 0.583. The van der Waals surface area contributed by atoms with Crippen molar-refractivity contribution in [2.24, 2.45) is 0 Å². The first-order chi connectivity index (χ1) is 9.96. The van der Waals surface area contributed by atoms with E-state index in [4.69, 9.17) is 4.74 Å². The fraction of sp³-hybridized carbons (Fsp3) is 0.571. The van der Waals surface area contributed by atoms with Crippen molar-refractivity contribution < 1.29 is 17.5 Å². The number of hydrogen-bond acceptors (Lipinski definition) is 5. The van der Waals surface area contributed by atoms with Crippen molar-refractivity contribution in [1.29, 1.82) is 0 Å². The van der Waals surface area contributed by atoms with E-state index in [2.05, 4.69) is 5.32 Å². The molecule has 0 unspecified atom stereocenters. The van der Waals surface area contributed by atoms with Gasteiger partial charge in [0.25, 0.3) is 0 Å². The Kier molecular flexibility index (Phi) is 5.41. The Bertz CT molecular complexity index is 572. The molecule has 5 nitrogen and oxygen atoms in total. The molecule has 0 bridgehead atoms. The summed E-state index contributed by atoms with van der Waals surface area (Å²) >= 11 is 0. The van der Waals surface area contributed by atoms with E-state index in [1.807, 2.05) is 4.90 Å². The summed E-state index contributed by atoms with van der Waals surface area (Å²) in [5.74, 6) is 0.200. The molecule has 0 spiro atoms. The van der Waals surface area contributed by atoms with Crippen LogP contribution < -0.4 is 15.0 Å². The molecule has 1 heterocycles. The van der Waals surface area contributed by atoms with E-state index in [1.54, 1.807) is 12.1 Å². The van der Waals surface area contributed by atoms with Gasteiger partial charge >= 0.3 is 0 Å². The van der Waals surface area contributed by atoms with E-state index < -0.39 is 9.84 Å². The minimum atomic E-state index is -2.97. The summed E-state index contributed by atoms with van der Waals surface area (Å²) in [7, 11) is -2.97. The predicted octanol–water partition coefficient (Wildman–Crippen LogP) is 1.05. The highest BCUT2D eigenvalue weighted by Gasteiger charge is 2.15. The quantitative estimate of drug-likeness (QED) is 0.795. The molecule has 0 atom stereocenters. The number of anilines is 1. The number of benzene rings is 1. The van der Waals surface area contributed by atoms with Crippen LogP contribution in [0.2, 0.25) is 0 Å². The number of piperazine rings is 1. The van der Waals surface area contributed by atoms with Gasteiger partial charge in [0.2, 0.25) is 0 Å². The fourth-order valence-electron chi connectivity index (χ4n) is 2.25. The van der Waals surface area contributed by atoms with Crippen LogP contribution in [0.25, 0.3) is 0 Å². The zero-order chi connectivity index (χ0) is 15.3. The molecule has 0 radical (unpaired) electrons. The highest BCUT2D eigenvalue weighted by molar-refractivity contribution is 7.90. The van der Waals surface area contributed by atoms with E-state index in [0.717, 1.165) is 26.2 Å².